The van der Waals surface area contributed by atoms with E-state index in [1.807, 2.05) is 13.0 Å². The van der Waals surface area contributed by atoms with Gasteiger partial charge in [-0.05, 0) is 49.9 Å². The van der Waals surface area contributed by atoms with Gasteiger partial charge in [0, 0.05) is 18.7 Å². The lowest BCUT2D eigenvalue weighted by molar-refractivity contribution is -0.135. The number of amides is 2. The molecule has 29 heavy (non-hydrogen) atoms. The van der Waals surface area contributed by atoms with Crippen LogP contribution in [-0.2, 0) is 9.53 Å². The topological polar surface area (TPSA) is 75.7 Å². The molecule has 1 aliphatic heterocycles. The van der Waals surface area contributed by atoms with Crippen molar-refractivity contribution in [3.05, 3.63) is 65.2 Å². The van der Waals surface area contributed by atoms with Gasteiger partial charge in [-0.3, -0.25) is 9.59 Å². The molecule has 0 aliphatic carbocycles. The van der Waals surface area contributed by atoms with Crippen LogP contribution in [0.1, 0.15) is 46.0 Å². The van der Waals surface area contributed by atoms with E-state index in [0.29, 0.717) is 30.3 Å². The number of rotatable bonds is 5. The number of likely N-dealkylation sites (tertiary alicyclic amines) is 1. The van der Waals surface area contributed by atoms with E-state index in [9.17, 15) is 14.4 Å². The minimum Gasteiger partial charge on any atom is -0.452 e. The van der Waals surface area contributed by atoms with Gasteiger partial charge in [0.2, 0.25) is 0 Å². The number of anilines is 1. The first kappa shape index (κ1) is 20.6. The quantitative estimate of drug-likeness (QED) is 0.785. The van der Waals surface area contributed by atoms with Crippen molar-refractivity contribution in [3.8, 4) is 0 Å². The van der Waals surface area contributed by atoms with Crippen LogP contribution in [0.25, 0.3) is 0 Å². The molecule has 1 aliphatic rings. The normalized spacial score (nSPS) is 14.3. The second-order valence-corrected chi connectivity index (χ2v) is 7.51. The fourth-order valence-electron chi connectivity index (χ4n) is 3.31. The molecule has 0 bridgehead atoms. The maximum atomic E-state index is 12.5. The molecule has 6 heteroatoms. The number of esters is 1. The number of nitrogens with zero attached hydrogens (tertiary/aromatic N) is 1. The highest BCUT2D eigenvalue weighted by atomic mass is 16.5. The Labute approximate surface area is 170 Å². The SMILES string of the molecule is Cc1cccc(C(=O)Nc2ccccc2C(=O)OCC(=O)N2CCC(C)CC2)c1. The number of nitrogens with one attached hydrogen (secondary N) is 1. The largest absolute Gasteiger partial charge is 0.452 e. The number of carbonyl (C=O) groups excluding carboxylic acids is 3. The van der Waals surface area contributed by atoms with Gasteiger partial charge in [-0.2, -0.15) is 0 Å². The van der Waals surface area contributed by atoms with Crippen molar-refractivity contribution in [2.24, 2.45) is 5.92 Å². The summed E-state index contributed by atoms with van der Waals surface area (Å²) >= 11 is 0. The highest BCUT2D eigenvalue weighted by molar-refractivity contribution is 6.08. The fourth-order valence-corrected chi connectivity index (χ4v) is 3.31. The summed E-state index contributed by atoms with van der Waals surface area (Å²) < 4.78 is 5.24. The third kappa shape index (κ3) is 5.44. The summed E-state index contributed by atoms with van der Waals surface area (Å²) in [6.07, 6.45) is 1.93. The van der Waals surface area contributed by atoms with Crippen molar-refractivity contribution in [2.45, 2.75) is 26.7 Å². The Hall–Kier alpha value is -3.15. The van der Waals surface area contributed by atoms with Crippen molar-refractivity contribution in [1.29, 1.82) is 0 Å². The van der Waals surface area contributed by atoms with E-state index in [4.69, 9.17) is 4.74 Å². The summed E-state index contributed by atoms with van der Waals surface area (Å²) in [5, 5.41) is 2.76. The second-order valence-electron chi connectivity index (χ2n) is 7.51. The van der Waals surface area contributed by atoms with Crippen molar-refractivity contribution in [3.63, 3.8) is 0 Å². The zero-order chi connectivity index (χ0) is 20.8. The lowest BCUT2D eigenvalue weighted by atomic mass is 9.99. The Morgan fingerprint density at radius 1 is 1.07 bits per heavy atom. The second kappa shape index (κ2) is 9.37. The number of aryl methyl sites for hydroxylation is 1. The first-order chi connectivity index (χ1) is 13.9. The zero-order valence-corrected chi connectivity index (χ0v) is 16.8. The average molecular weight is 394 g/mol. The van der Waals surface area contributed by atoms with E-state index in [1.165, 1.54) is 0 Å². The van der Waals surface area contributed by atoms with Gasteiger partial charge in [0.1, 0.15) is 0 Å². The van der Waals surface area contributed by atoms with Gasteiger partial charge in [-0.1, -0.05) is 36.8 Å². The summed E-state index contributed by atoms with van der Waals surface area (Å²) in [7, 11) is 0. The molecule has 2 aromatic rings. The molecule has 6 nitrogen and oxygen atoms in total. The minimum atomic E-state index is -0.635. The molecule has 1 N–H and O–H groups in total. The molecule has 2 aromatic carbocycles. The van der Waals surface area contributed by atoms with Gasteiger partial charge in [0.05, 0.1) is 11.3 Å². The number of benzene rings is 2. The molecule has 0 radical (unpaired) electrons. The summed E-state index contributed by atoms with van der Waals surface area (Å²) in [6.45, 7) is 5.17. The molecule has 0 saturated carbocycles. The van der Waals surface area contributed by atoms with Gasteiger partial charge < -0.3 is 15.0 Å². The van der Waals surface area contributed by atoms with Crippen LogP contribution in [0.3, 0.4) is 0 Å². The molecule has 0 unspecified atom stereocenters. The Morgan fingerprint density at radius 2 is 1.79 bits per heavy atom. The smallest absolute Gasteiger partial charge is 0.340 e. The third-order valence-corrected chi connectivity index (χ3v) is 5.14. The van der Waals surface area contributed by atoms with Crippen LogP contribution in [0.15, 0.2) is 48.5 Å². The molecule has 0 spiro atoms. The van der Waals surface area contributed by atoms with E-state index < -0.39 is 5.97 Å². The summed E-state index contributed by atoms with van der Waals surface area (Å²) in [4.78, 5) is 39.1. The summed E-state index contributed by atoms with van der Waals surface area (Å²) in [5.74, 6) is -0.520. The Morgan fingerprint density at radius 3 is 2.52 bits per heavy atom. The Bertz CT molecular complexity index is 901. The Kier molecular flexibility index (Phi) is 6.65. The molecular formula is C23H26N2O4. The maximum absolute atomic E-state index is 12.5. The molecule has 0 aromatic heterocycles. The van der Waals surface area contributed by atoms with Crippen molar-refractivity contribution in [2.75, 3.05) is 25.0 Å². The maximum Gasteiger partial charge on any atom is 0.340 e. The van der Waals surface area contributed by atoms with Crippen molar-refractivity contribution < 1.29 is 19.1 Å². The predicted molar refractivity (Wildman–Crippen MR) is 111 cm³/mol. The standard InChI is InChI=1S/C23H26N2O4/c1-16-10-12-25(13-11-16)21(26)15-29-23(28)19-8-3-4-9-20(19)24-22(27)18-7-5-6-17(2)14-18/h3-9,14,16H,10-13,15H2,1-2H3,(H,24,27). The first-order valence-corrected chi connectivity index (χ1v) is 9.86. The molecule has 1 fully saturated rings. The van der Waals surface area contributed by atoms with E-state index >= 15 is 0 Å². The molecule has 3 rings (SSSR count). The average Bonchev–Trinajstić information content (AvgIpc) is 2.72. The van der Waals surface area contributed by atoms with Crippen molar-refractivity contribution >= 4 is 23.5 Å². The van der Waals surface area contributed by atoms with Crippen LogP contribution in [0.2, 0.25) is 0 Å². The highest BCUT2D eigenvalue weighted by Crippen LogP contribution is 2.19. The highest BCUT2D eigenvalue weighted by Gasteiger charge is 2.22. The fraction of sp³-hybridized carbons (Fsp3) is 0.348. The van der Waals surface area contributed by atoms with Crippen molar-refractivity contribution in [1.82, 2.24) is 4.90 Å². The minimum absolute atomic E-state index is 0.188. The molecule has 1 saturated heterocycles. The van der Waals surface area contributed by atoms with E-state index in [0.717, 1.165) is 18.4 Å². The van der Waals surface area contributed by atoms with Crippen LogP contribution in [0.5, 0.6) is 0 Å². The van der Waals surface area contributed by atoms with Gasteiger partial charge in [0.25, 0.3) is 11.8 Å². The predicted octanol–water partition coefficient (Wildman–Crippen LogP) is 3.66. The van der Waals surface area contributed by atoms with Crippen LogP contribution >= 0.6 is 0 Å². The first-order valence-electron chi connectivity index (χ1n) is 9.86. The molecule has 0 atom stereocenters. The number of ether oxygens (including phenoxy) is 1. The lowest BCUT2D eigenvalue weighted by Crippen LogP contribution is -2.40. The molecule has 152 valence electrons. The number of hydrogen-bond acceptors (Lipinski definition) is 4. The van der Waals surface area contributed by atoms with Crippen LogP contribution < -0.4 is 5.32 Å². The zero-order valence-electron chi connectivity index (χ0n) is 16.8. The van der Waals surface area contributed by atoms with Gasteiger partial charge in [-0.15, -0.1) is 0 Å². The van der Waals surface area contributed by atoms with Gasteiger partial charge in [-0.25, -0.2) is 4.79 Å². The molecule has 2 amide bonds. The van der Waals surface area contributed by atoms with Crippen LogP contribution in [0, 0.1) is 12.8 Å². The Balaban J connectivity index is 1.62. The number of para-hydroxylation sites is 1. The summed E-state index contributed by atoms with van der Waals surface area (Å²) in [5.41, 5.74) is 2.04. The van der Waals surface area contributed by atoms with E-state index in [2.05, 4.69) is 12.2 Å². The number of carbonyl (C=O) groups is 3. The van der Waals surface area contributed by atoms with Crippen LogP contribution in [0.4, 0.5) is 5.69 Å². The molecular weight excluding hydrogens is 368 g/mol. The lowest BCUT2D eigenvalue weighted by Gasteiger charge is -2.30. The summed E-state index contributed by atoms with van der Waals surface area (Å²) in [6, 6.07) is 13.8. The van der Waals surface area contributed by atoms with E-state index in [1.54, 1.807) is 47.4 Å². The number of piperidine rings is 1. The monoisotopic (exact) mass is 394 g/mol. The number of hydrogen-bond donors (Lipinski definition) is 1. The third-order valence-electron chi connectivity index (χ3n) is 5.14. The van der Waals surface area contributed by atoms with Gasteiger partial charge in [0.15, 0.2) is 6.61 Å². The van der Waals surface area contributed by atoms with Crippen LogP contribution in [-0.4, -0.2) is 42.4 Å². The van der Waals surface area contributed by atoms with E-state index in [-0.39, 0.29) is 24.0 Å². The molecule has 1 heterocycles. The van der Waals surface area contributed by atoms with Gasteiger partial charge >= 0.3 is 5.97 Å².